The molecule has 2 heterocycles. The molecule has 0 radical (unpaired) electrons. The SMILES string of the molecule is CNCc1cccc2cc(C)nn12. The van der Waals surface area contributed by atoms with E-state index in [1.165, 1.54) is 5.69 Å². The molecule has 3 nitrogen and oxygen atoms in total. The minimum atomic E-state index is 0.846. The molecule has 2 aromatic rings. The maximum Gasteiger partial charge on any atom is 0.0668 e. The summed E-state index contributed by atoms with van der Waals surface area (Å²) in [6.45, 7) is 2.86. The molecule has 0 spiro atoms. The van der Waals surface area contributed by atoms with E-state index in [2.05, 4.69) is 34.7 Å². The van der Waals surface area contributed by atoms with Gasteiger partial charge in [0.1, 0.15) is 0 Å². The molecule has 0 aromatic carbocycles. The Morgan fingerprint density at radius 3 is 3.08 bits per heavy atom. The maximum absolute atomic E-state index is 4.41. The van der Waals surface area contributed by atoms with E-state index >= 15 is 0 Å². The van der Waals surface area contributed by atoms with E-state index < -0.39 is 0 Å². The molecule has 13 heavy (non-hydrogen) atoms. The van der Waals surface area contributed by atoms with Gasteiger partial charge in [0.05, 0.1) is 16.9 Å². The first-order valence-corrected chi connectivity index (χ1v) is 4.40. The van der Waals surface area contributed by atoms with Crippen molar-refractivity contribution in [3.63, 3.8) is 0 Å². The number of aryl methyl sites for hydroxylation is 1. The molecule has 2 rings (SSSR count). The Hall–Kier alpha value is -1.35. The van der Waals surface area contributed by atoms with Gasteiger partial charge < -0.3 is 5.32 Å². The van der Waals surface area contributed by atoms with Crippen LogP contribution < -0.4 is 5.32 Å². The Labute approximate surface area is 77.4 Å². The fourth-order valence-electron chi connectivity index (χ4n) is 1.51. The van der Waals surface area contributed by atoms with Gasteiger partial charge in [0, 0.05) is 6.54 Å². The third-order valence-corrected chi connectivity index (χ3v) is 2.04. The Bertz CT molecular complexity index is 417. The van der Waals surface area contributed by atoms with Crippen LogP contribution in [0.25, 0.3) is 5.52 Å². The van der Waals surface area contributed by atoms with Crippen molar-refractivity contribution in [3.05, 3.63) is 35.7 Å². The van der Waals surface area contributed by atoms with Crippen LogP contribution in [0.1, 0.15) is 11.4 Å². The molecule has 0 amide bonds. The lowest BCUT2D eigenvalue weighted by atomic mass is 10.3. The summed E-state index contributed by atoms with van der Waals surface area (Å²) in [5.41, 5.74) is 3.40. The minimum Gasteiger partial charge on any atom is -0.314 e. The lowest BCUT2D eigenvalue weighted by Crippen LogP contribution is -2.09. The van der Waals surface area contributed by atoms with Gasteiger partial charge in [-0.3, -0.25) is 0 Å². The molecule has 3 heteroatoms. The molecule has 0 fully saturated rings. The zero-order valence-corrected chi connectivity index (χ0v) is 7.91. The second-order valence-corrected chi connectivity index (χ2v) is 3.17. The fraction of sp³-hybridized carbons (Fsp3) is 0.300. The van der Waals surface area contributed by atoms with Crippen molar-refractivity contribution in [2.45, 2.75) is 13.5 Å². The van der Waals surface area contributed by atoms with Crippen molar-refractivity contribution in [3.8, 4) is 0 Å². The van der Waals surface area contributed by atoms with Crippen molar-refractivity contribution < 1.29 is 0 Å². The largest absolute Gasteiger partial charge is 0.314 e. The van der Waals surface area contributed by atoms with Gasteiger partial charge in [-0.15, -0.1) is 0 Å². The highest BCUT2D eigenvalue weighted by Crippen LogP contribution is 2.08. The number of aromatic nitrogens is 2. The van der Waals surface area contributed by atoms with Crippen LogP contribution in [0.5, 0.6) is 0 Å². The Balaban J connectivity index is 2.60. The van der Waals surface area contributed by atoms with Gasteiger partial charge in [-0.1, -0.05) is 6.07 Å². The molecule has 0 unspecified atom stereocenters. The summed E-state index contributed by atoms with van der Waals surface area (Å²) in [7, 11) is 1.94. The van der Waals surface area contributed by atoms with E-state index in [0.29, 0.717) is 0 Å². The van der Waals surface area contributed by atoms with Gasteiger partial charge in [-0.2, -0.15) is 5.10 Å². The van der Waals surface area contributed by atoms with Crippen molar-refractivity contribution in [1.82, 2.24) is 14.9 Å². The minimum absolute atomic E-state index is 0.846. The van der Waals surface area contributed by atoms with Gasteiger partial charge >= 0.3 is 0 Å². The van der Waals surface area contributed by atoms with Gasteiger partial charge in [0.25, 0.3) is 0 Å². The molecule has 1 N–H and O–H groups in total. The predicted octanol–water partition coefficient (Wildman–Crippen LogP) is 1.36. The highest BCUT2D eigenvalue weighted by Gasteiger charge is 2.00. The summed E-state index contributed by atoms with van der Waals surface area (Å²) in [6, 6.07) is 8.29. The number of pyridine rings is 1. The second kappa shape index (κ2) is 3.18. The van der Waals surface area contributed by atoms with Crippen molar-refractivity contribution in [1.29, 1.82) is 0 Å². The molecule has 2 aromatic heterocycles. The van der Waals surface area contributed by atoms with Crippen LogP contribution in [0.2, 0.25) is 0 Å². The number of fused-ring (bicyclic) bond motifs is 1. The van der Waals surface area contributed by atoms with Crippen LogP contribution >= 0.6 is 0 Å². The molecule has 0 aliphatic heterocycles. The summed E-state index contributed by atoms with van der Waals surface area (Å²) in [6.07, 6.45) is 0. The van der Waals surface area contributed by atoms with Crippen LogP contribution in [0.3, 0.4) is 0 Å². The molecule has 0 bridgehead atoms. The number of hydrogen-bond acceptors (Lipinski definition) is 2. The van der Waals surface area contributed by atoms with Gasteiger partial charge in [0.2, 0.25) is 0 Å². The molecule has 68 valence electrons. The van der Waals surface area contributed by atoms with E-state index in [-0.39, 0.29) is 0 Å². The Morgan fingerprint density at radius 1 is 1.46 bits per heavy atom. The lowest BCUT2D eigenvalue weighted by Gasteiger charge is -2.02. The molecule has 0 saturated heterocycles. The van der Waals surface area contributed by atoms with Crippen LogP contribution in [-0.4, -0.2) is 16.7 Å². The lowest BCUT2D eigenvalue weighted by molar-refractivity contribution is 0.743. The molecule has 0 saturated carbocycles. The zero-order chi connectivity index (χ0) is 9.26. The van der Waals surface area contributed by atoms with Crippen LogP contribution in [0, 0.1) is 6.92 Å². The molecule has 0 aliphatic carbocycles. The normalized spacial score (nSPS) is 10.9. The van der Waals surface area contributed by atoms with Gasteiger partial charge in [0.15, 0.2) is 0 Å². The summed E-state index contributed by atoms with van der Waals surface area (Å²) in [4.78, 5) is 0. The summed E-state index contributed by atoms with van der Waals surface area (Å²) in [5.74, 6) is 0. The molecule has 0 atom stereocenters. The zero-order valence-electron chi connectivity index (χ0n) is 7.91. The van der Waals surface area contributed by atoms with E-state index in [1.54, 1.807) is 0 Å². The quantitative estimate of drug-likeness (QED) is 0.746. The first-order chi connectivity index (χ1) is 6.31. The fourth-order valence-corrected chi connectivity index (χ4v) is 1.51. The number of nitrogens with one attached hydrogen (secondary N) is 1. The number of rotatable bonds is 2. The van der Waals surface area contributed by atoms with Crippen molar-refractivity contribution in [2.75, 3.05) is 7.05 Å². The number of nitrogens with zero attached hydrogens (tertiary/aromatic N) is 2. The summed E-state index contributed by atoms with van der Waals surface area (Å²) >= 11 is 0. The van der Waals surface area contributed by atoms with Crippen LogP contribution in [-0.2, 0) is 6.54 Å². The smallest absolute Gasteiger partial charge is 0.0668 e. The number of hydrogen-bond donors (Lipinski definition) is 1. The molecular formula is C10H13N3. The highest BCUT2D eigenvalue weighted by molar-refractivity contribution is 5.48. The molecule has 0 aliphatic rings. The average Bonchev–Trinajstić information content (AvgIpc) is 2.47. The monoisotopic (exact) mass is 175 g/mol. The maximum atomic E-state index is 4.41. The topological polar surface area (TPSA) is 29.3 Å². The standard InChI is InChI=1S/C10H13N3/c1-8-6-9-4-3-5-10(7-11-2)13(9)12-8/h3-6,11H,7H2,1-2H3. The van der Waals surface area contributed by atoms with E-state index in [4.69, 9.17) is 0 Å². The second-order valence-electron chi connectivity index (χ2n) is 3.17. The van der Waals surface area contributed by atoms with Crippen LogP contribution in [0.4, 0.5) is 0 Å². The third kappa shape index (κ3) is 1.42. The van der Waals surface area contributed by atoms with Crippen molar-refractivity contribution >= 4 is 5.52 Å². The van der Waals surface area contributed by atoms with Gasteiger partial charge in [-0.25, -0.2) is 4.52 Å². The predicted molar refractivity (Wildman–Crippen MR) is 52.7 cm³/mol. The summed E-state index contributed by atoms with van der Waals surface area (Å²) < 4.78 is 1.98. The van der Waals surface area contributed by atoms with E-state index in [1.807, 2.05) is 18.5 Å². The summed E-state index contributed by atoms with van der Waals surface area (Å²) in [5, 5.41) is 7.53. The van der Waals surface area contributed by atoms with E-state index in [9.17, 15) is 0 Å². The Kier molecular flexibility index (Phi) is 2.02. The highest BCUT2D eigenvalue weighted by atomic mass is 15.2. The third-order valence-electron chi connectivity index (χ3n) is 2.04. The average molecular weight is 175 g/mol. The first kappa shape index (κ1) is 8.26. The Morgan fingerprint density at radius 2 is 2.31 bits per heavy atom. The first-order valence-electron chi connectivity index (χ1n) is 4.40. The van der Waals surface area contributed by atoms with Crippen molar-refractivity contribution in [2.24, 2.45) is 0 Å². The van der Waals surface area contributed by atoms with E-state index in [0.717, 1.165) is 17.8 Å². The van der Waals surface area contributed by atoms with Gasteiger partial charge in [-0.05, 0) is 32.2 Å². The van der Waals surface area contributed by atoms with Crippen LogP contribution in [0.15, 0.2) is 24.3 Å². The molecular weight excluding hydrogens is 162 g/mol.